The van der Waals surface area contributed by atoms with Crippen molar-refractivity contribution in [1.82, 2.24) is 9.47 Å². The number of hydrogen-bond donors (Lipinski definition) is 1. The van der Waals surface area contributed by atoms with Crippen LogP contribution in [0.1, 0.15) is 40.2 Å². The molecule has 0 spiro atoms. The van der Waals surface area contributed by atoms with Gasteiger partial charge in [0.1, 0.15) is 6.04 Å². The average Bonchev–Trinajstić information content (AvgIpc) is 3.18. The minimum absolute atomic E-state index is 0.0240. The van der Waals surface area contributed by atoms with Gasteiger partial charge >= 0.3 is 12.1 Å². The molecule has 8 heteroatoms. The fraction of sp³-hybridized carbons (Fsp3) is 0.400. The Morgan fingerprint density at radius 2 is 1.93 bits per heavy atom. The first-order chi connectivity index (χ1) is 13.1. The normalized spacial score (nSPS) is 17.8. The number of likely N-dealkylation sites (tertiary alicyclic amines) is 1. The lowest BCUT2D eigenvalue weighted by Gasteiger charge is -2.20. The van der Waals surface area contributed by atoms with Crippen molar-refractivity contribution in [3.05, 3.63) is 52.8 Å². The van der Waals surface area contributed by atoms with Crippen LogP contribution >= 0.6 is 0 Å². The van der Waals surface area contributed by atoms with Gasteiger partial charge in [-0.1, -0.05) is 6.07 Å². The molecule has 0 amide bonds. The zero-order chi connectivity index (χ0) is 20.6. The van der Waals surface area contributed by atoms with Gasteiger partial charge in [-0.25, -0.2) is 0 Å². The molecule has 0 bridgehead atoms. The van der Waals surface area contributed by atoms with E-state index < -0.39 is 23.8 Å². The Labute approximate surface area is 160 Å². The number of Topliss-reactive ketones (excluding diaryl/α,β-unsaturated/α-hetero) is 1. The summed E-state index contributed by atoms with van der Waals surface area (Å²) in [6.45, 7) is 3.91. The van der Waals surface area contributed by atoms with Crippen LogP contribution in [0.4, 0.5) is 13.2 Å². The predicted octanol–water partition coefficient (Wildman–Crippen LogP) is 3.84. The number of benzene rings is 1. The van der Waals surface area contributed by atoms with Gasteiger partial charge in [-0.3, -0.25) is 14.5 Å². The number of aliphatic carboxylic acids is 1. The molecule has 2 aromatic rings. The van der Waals surface area contributed by atoms with Crippen LogP contribution in [0.15, 0.2) is 30.3 Å². The van der Waals surface area contributed by atoms with Crippen molar-refractivity contribution < 1.29 is 27.9 Å². The van der Waals surface area contributed by atoms with Gasteiger partial charge in [-0.05, 0) is 57.5 Å². The molecule has 0 saturated carbocycles. The Balaban J connectivity index is 1.90. The third kappa shape index (κ3) is 3.82. The third-order valence-corrected chi connectivity index (χ3v) is 5.16. The summed E-state index contributed by atoms with van der Waals surface area (Å²) in [7, 11) is 0. The third-order valence-electron chi connectivity index (χ3n) is 5.16. The summed E-state index contributed by atoms with van der Waals surface area (Å²) in [5, 5.41) is 9.26. The molecule has 150 valence electrons. The summed E-state index contributed by atoms with van der Waals surface area (Å²) < 4.78 is 40.7. The summed E-state index contributed by atoms with van der Waals surface area (Å²) in [5.41, 5.74) is 1.13. The van der Waals surface area contributed by atoms with Crippen LogP contribution in [0.25, 0.3) is 5.69 Å². The van der Waals surface area contributed by atoms with E-state index in [1.165, 1.54) is 6.07 Å². The predicted molar refractivity (Wildman–Crippen MR) is 96.8 cm³/mol. The molecular weight excluding hydrogens is 373 g/mol. The van der Waals surface area contributed by atoms with Crippen LogP contribution in [-0.2, 0) is 11.0 Å². The Morgan fingerprint density at radius 1 is 1.21 bits per heavy atom. The second-order valence-electron chi connectivity index (χ2n) is 7.06. The molecule has 1 N–H and O–H groups in total. The highest BCUT2D eigenvalue weighted by molar-refractivity contribution is 5.99. The molecule has 3 rings (SSSR count). The van der Waals surface area contributed by atoms with Gasteiger partial charge in [0.25, 0.3) is 0 Å². The summed E-state index contributed by atoms with van der Waals surface area (Å²) in [6.07, 6.45) is -3.23. The van der Waals surface area contributed by atoms with Crippen molar-refractivity contribution in [1.29, 1.82) is 0 Å². The van der Waals surface area contributed by atoms with Gasteiger partial charge in [0.2, 0.25) is 0 Å². The number of carbonyl (C=O) groups excluding carboxylic acids is 1. The molecule has 1 aromatic carbocycles. The number of alkyl halides is 3. The molecule has 1 aliphatic rings. The van der Waals surface area contributed by atoms with E-state index in [1.54, 1.807) is 35.4 Å². The first-order valence-electron chi connectivity index (χ1n) is 8.96. The highest BCUT2D eigenvalue weighted by Gasteiger charge is 2.33. The molecule has 1 saturated heterocycles. The van der Waals surface area contributed by atoms with Crippen LogP contribution in [0, 0.1) is 13.8 Å². The van der Waals surface area contributed by atoms with E-state index in [0.29, 0.717) is 42.0 Å². The van der Waals surface area contributed by atoms with Gasteiger partial charge in [0, 0.05) is 22.6 Å². The number of rotatable bonds is 5. The molecular formula is C20H21F3N2O3. The first kappa shape index (κ1) is 20.1. The fourth-order valence-electron chi connectivity index (χ4n) is 3.83. The topological polar surface area (TPSA) is 62.5 Å². The summed E-state index contributed by atoms with van der Waals surface area (Å²) >= 11 is 0. The molecule has 5 nitrogen and oxygen atoms in total. The van der Waals surface area contributed by atoms with Crippen molar-refractivity contribution in [3.8, 4) is 5.69 Å². The molecule has 1 fully saturated rings. The number of ketones is 1. The molecule has 1 atom stereocenters. The van der Waals surface area contributed by atoms with Crippen LogP contribution in [0.3, 0.4) is 0 Å². The molecule has 0 radical (unpaired) electrons. The summed E-state index contributed by atoms with van der Waals surface area (Å²) in [6, 6.07) is 5.92. The maximum atomic E-state index is 13.0. The molecule has 0 aliphatic carbocycles. The number of carbonyl (C=O) groups is 2. The largest absolute Gasteiger partial charge is 0.480 e. The van der Waals surface area contributed by atoms with Crippen molar-refractivity contribution in [2.24, 2.45) is 0 Å². The Kier molecular flexibility index (Phi) is 5.34. The van der Waals surface area contributed by atoms with Gasteiger partial charge in [-0.15, -0.1) is 0 Å². The maximum absolute atomic E-state index is 13.0. The monoisotopic (exact) mass is 394 g/mol. The van der Waals surface area contributed by atoms with Crippen LogP contribution in [0.5, 0.6) is 0 Å². The highest BCUT2D eigenvalue weighted by Crippen LogP contribution is 2.31. The molecule has 2 heterocycles. The molecule has 1 aromatic heterocycles. The van der Waals surface area contributed by atoms with E-state index in [0.717, 1.165) is 12.1 Å². The van der Waals surface area contributed by atoms with Crippen LogP contribution in [-0.4, -0.2) is 45.5 Å². The molecule has 1 unspecified atom stereocenters. The van der Waals surface area contributed by atoms with E-state index in [2.05, 4.69) is 0 Å². The van der Waals surface area contributed by atoms with Gasteiger partial charge in [-0.2, -0.15) is 13.2 Å². The van der Waals surface area contributed by atoms with Crippen molar-refractivity contribution in [2.45, 2.75) is 38.9 Å². The van der Waals surface area contributed by atoms with Crippen LogP contribution < -0.4 is 0 Å². The summed E-state index contributed by atoms with van der Waals surface area (Å²) in [5.74, 6) is -1.18. The standard InChI is InChI=1S/C20H21F3N2O3/c1-12-9-16(18(26)11-24-8-4-7-17(24)19(27)28)13(2)25(12)15-6-3-5-14(10-15)20(21,22)23/h3,5-6,9-10,17H,4,7-8,11H2,1-2H3,(H,27,28). The number of aromatic nitrogens is 1. The second kappa shape index (κ2) is 7.43. The van der Waals surface area contributed by atoms with E-state index in [9.17, 15) is 27.9 Å². The maximum Gasteiger partial charge on any atom is 0.416 e. The Bertz CT molecular complexity index is 918. The number of aryl methyl sites for hydroxylation is 1. The van der Waals surface area contributed by atoms with Crippen LogP contribution in [0.2, 0.25) is 0 Å². The van der Waals surface area contributed by atoms with Crippen molar-refractivity contribution in [2.75, 3.05) is 13.1 Å². The van der Waals surface area contributed by atoms with Gasteiger partial charge in [0.15, 0.2) is 5.78 Å². The first-order valence-corrected chi connectivity index (χ1v) is 8.96. The summed E-state index contributed by atoms with van der Waals surface area (Å²) in [4.78, 5) is 25.7. The lowest BCUT2D eigenvalue weighted by molar-refractivity contribution is -0.142. The number of carboxylic acids is 1. The van der Waals surface area contributed by atoms with E-state index in [-0.39, 0.29) is 12.3 Å². The van der Waals surface area contributed by atoms with E-state index in [1.807, 2.05) is 0 Å². The zero-order valence-corrected chi connectivity index (χ0v) is 15.6. The number of nitrogens with zero attached hydrogens (tertiary/aromatic N) is 2. The van der Waals surface area contributed by atoms with Crippen molar-refractivity contribution in [3.63, 3.8) is 0 Å². The average molecular weight is 394 g/mol. The Hall–Kier alpha value is -2.61. The number of hydrogen-bond acceptors (Lipinski definition) is 3. The smallest absolute Gasteiger partial charge is 0.416 e. The number of halogens is 3. The molecule has 1 aliphatic heterocycles. The van der Waals surface area contributed by atoms with Crippen molar-refractivity contribution >= 4 is 11.8 Å². The Morgan fingerprint density at radius 3 is 2.57 bits per heavy atom. The quantitative estimate of drug-likeness (QED) is 0.783. The lowest BCUT2D eigenvalue weighted by Crippen LogP contribution is -2.39. The lowest BCUT2D eigenvalue weighted by atomic mass is 10.1. The van der Waals surface area contributed by atoms with Gasteiger partial charge in [0.05, 0.1) is 12.1 Å². The van der Waals surface area contributed by atoms with Gasteiger partial charge < -0.3 is 9.67 Å². The number of carboxylic acid groups (broad SMARTS) is 1. The SMILES string of the molecule is Cc1cc(C(=O)CN2CCCC2C(=O)O)c(C)n1-c1cccc(C(F)(F)F)c1. The van der Waals surface area contributed by atoms with E-state index in [4.69, 9.17) is 0 Å². The molecule has 28 heavy (non-hydrogen) atoms. The second-order valence-corrected chi connectivity index (χ2v) is 7.06. The van der Waals surface area contributed by atoms with E-state index >= 15 is 0 Å². The highest BCUT2D eigenvalue weighted by atomic mass is 19.4. The minimum Gasteiger partial charge on any atom is -0.480 e. The fourth-order valence-corrected chi connectivity index (χ4v) is 3.83. The zero-order valence-electron chi connectivity index (χ0n) is 15.6. The minimum atomic E-state index is -4.45.